The predicted molar refractivity (Wildman–Crippen MR) is 96.6 cm³/mol. The molecule has 1 spiro atoms. The molecule has 1 aromatic rings. The molecule has 0 aromatic heterocycles. The first-order valence-electron chi connectivity index (χ1n) is 8.82. The van der Waals surface area contributed by atoms with Crippen LogP contribution in [-0.2, 0) is 4.74 Å². The summed E-state index contributed by atoms with van der Waals surface area (Å²) in [6.45, 7) is 1.36. The van der Waals surface area contributed by atoms with E-state index in [4.69, 9.17) is 16.2 Å². The Morgan fingerprint density at radius 2 is 2.07 bits per heavy atom. The van der Waals surface area contributed by atoms with Crippen molar-refractivity contribution in [2.45, 2.75) is 36.6 Å². The zero-order valence-corrected chi connectivity index (χ0v) is 15.2. The third-order valence-electron chi connectivity index (χ3n) is 5.55. The van der Waals surface area contributed by atoms with E-state index >= 15 is 0 Å². The van der Waals surface area contributed by atoms with Crippen LogP contribution in [0.4, 0.5) is 0 Å². The minimum atomic E-state index is -2.58. The number of esters is 1. The van der Waals surface area contributed by atoms with Crippen molar-refractivity contribution in [1.29, 1.82) is 0 Å². The number of aliphatic hydroxyl groups excluding tert-OH is 1. The smallest absolute Gasteiger partial charge is 0.343 e. The van der Waals surface area contributed by atoms with Gasteiger partial charge in [0, 0.05) is 0 Å². The second kappa shape index (κ2) is 6.06. The average Bonchev–Trinajstić information content (AvgIpc) is 3.11. The first kappa shape index (κ1) is 18.5. The molecule has 0 bridgehead atoms. The average molecular weight is 391 g/mol. The number of aliphatic hydroxyl groups is 3. The van der Waals surface area contributed by atoms with Crippen LogP contribution in [0.2, 0.25) is 0 Å². The van der Waals surface area contributed by atoms with Gasteiger partial charge in [0.2, 0.25) is 0 Å². The summed E-state index contributed by atoms with van der Waals surface area (Å²) in [6, 6.07) is 5.09. The van der Waals surface area contributed by atoms with Crippen molar-refractivity contribution in [1.82, 2.24) is 10.2 Å². The maximum atomic E-state index is 12.5. The van der Waals surface area contributed by atoms with E-state index in [0.29, 0.717) is 0 Å². The van der Waals surface area contributed by atoms with Crippen LogP contribution in [0.5, 0.6) is 0 Å². The van der Waals surface area contributed by atoms with Crippen molar-refractivity contribution in [3.63, 3.8) is 0 Å². The number of benzene rings is 1. The molecule has 0 radical (unpaired) electrons. The van der Waals surface area contributed by atoms with E-state index in [9.17, 15) is 20.1 Å². The minimum absolute atomic E-state index is 0.0272. The van der Waals surface area contributed by atoms with E-state index in [1.165, 1.54) is 4.90 Å². The van der Waals surface area contributed by atoms with Gasteiger partial charge in [-0.3, -0.25) is 15.6 Å². The molecular formula is C17H23N6O5+. The van der Waals surface area contributed by atoms with Gasteiger partial charge in [0.15, 0.2) is 18.1 Å². The van der Waals surface area contributed by atoms with Crippen LogP contribution >= 0.6 is 0 Å². The number of hydrogen-bond donors (Lipinski definition) is 7. The SMILES string of the molecule is Cc1ccc(C(=O)O[C@H]2CN3C(N)=N[C@@H](CO)[C@@H]4[NH+]=C(N)N[C@@]43C2(O)O)cc1. The third-order valence-corrected chi connectivity index (χ3v) is 5.55. The summed E-state index contributed by atoms with van der Waals surface area (Å²) in [5.74, 6) is -3.25. The van der Waals surface area contributed by atoms with Crippen LogP contribution in [0.3, 0.4) is 0 Å². The topological polar surface area (TPSA) is 181 Å². The second-order valence-corrected chi connectivity index (χ2v) is 7.26. The van der Waals surface area contributed by atoms with Crippen LogP contribution in [0.25, 0.3) is 0 Å². The molecular weight excluding hydrogens is 368 g/mol. The number of aliphatic imine (C=N–C) groups is 1. The van der Waals surface area contributed by atoms with Gasteiger partial charge in [-0.2, -0.15) is 0 Å². The minimum Gasteiger partial charge on any atom is -0.451 e. The van der Waals surface area contributed by atoms with E-state index in [0.717, 1.165) is 5.56 Å². The van der Waals surface area contributed by atoms with Crippen LogP contribution in [0, 0.1) is 6.92 Å². The third kappa shape index (κ3) is 2.37. The van der Waals surface area contributed by atoms with Crippen LogP contribution < -0.4 is 21.8 Å². The second-order valence-electron chi connectivity index (χ2n) is 7.26. The molecule has 1 fully saturated rings. The van der Waals surface area contributed by atoms with Gasteiger partial charge in [0.25, 0.3) is 11.4 Å². The highest BCUT2D eigenvalue weighted by Crippen LogP contribution is 2.42. The fourth-order valence-corrected chi connectivity index (χ4v) is 4.14. The molecule has 0 aliphatic carbocycles. The van der Waals surface area contributed by atoms with Gasteiger partial charge >= 0.3 is 11.9 Å². The lowest BCUT2D eigenvalue weighted by atomic mass is 9.86. The first-order chi connectivity index (χ1) is 13.2. The van der Waals surface area contributed by atoms with Crippen molar-refractivity contribution < 1.29 is 29.8 Å². The summed E-state index contributed by atoms with van der Waals surface area (Å²) in [6.07, 6.45) is -1.35. The standard InChI is InChI=1S/C17H22N6O5/c1-8-2-4-9(5-3-8)13(25)28-11-6-23-15(19)20-10(7-24)12-16(23,17(11,26)27)22-14(18)21-12/h2-5,10-12,24,26-27H,6-7H2,1H3,(H2,19,20)(H3,18,21,22)/p+1/t10-,11-,12-,16-/m0/s1. The molecule has 4 rings (SSSR count). The maximum absolute atomic E-state index is 12.5. The zero-order chi connectivity index (χ0) is 20.3. The lowest BCUT2D eigenvalue weighted by Crippen LogP contribution is -2.90. The Hall–Kier alpha value is -2.89. The number of nitrogens with zero attached hydrogens (tertiary/aromatic N) is 2. The van der Waals surface area contributed by atoms with Gasteiger partial charge < -0.3 is 25.8 Å². The molecule has 3 aliphatic heterocycles. The van der Waals surface area contributed by atoms with E-state index in [-0.39, 0.29) is 24.0 Å². The molecule has 1 aromatic carbocycles. The molecule has 4 atom stereocenters. The summed E-state index contributed by atoms with van der Waals surface area (Å²) in [4.78, 5) is 21.0. The Morgan fingerprint density at radius 3 is 2.71 bits per heavy atom. The number of nitrogens with two attached hydrogens (primary N) is 2. The lowest BCUT2D eigenvalue weighted by Gasteiger charge is -2.45. The van der Waals surface area contributed by atoms with E-state index in [1.807, 2.05) is 6.92 Å². The van der Waals surface area contributed by atoms with Gasteiger partial charge in [-0.05, 0) is 19.1 Å². The predicted octanol–water partition coefficient (Wildman–Crippen LogP) is -4.73. The number of carbonyl (C=O) groups excluding carboxylic acids is 1. The maximum Gasteiger partial charge on any atom is 0.343 e. The molecule has 9 N–H and O–H groups in total. The zero-order valence-electron chi connectivity index (χ0n) is 15.2. The molecule has 1 saturated heterocycles. The number of aryl methyl sites for hydroxylation is 1. The van der Waals surface area contributed by atoms with Crippen molar-refractivity contribution in [2.75, 3.05) is 13.2 Å². The number of hydrogen-bond acceptors (Lipinski definition) is 10. The lowest BCUT2D eigenvalue weighted by molar-refractivity contribution is -0.523. The van der Waals surface area contributed by atoms with Gasteiger partial charge in [-0.25, -0.2) is 15.1 Å². The number of guanidine groups is 2. The quantitative estimate of drug-likeness (QED) is 0.197. The molecule has 11 nitrogen and oxygen atoms in total. The summed E-state index contributed by atoms with van der Waals surface area (Å²) in [5.41, 5.74) is 11.4. The van der Waals surface area contributed by atoms with Crippen molar-refractivity contribution >= 4 is 17.9 Å². The summed E-state index contributed by atoms with van der Waals surface area (Å²) < 4.78 is 5.43. The van der Waals surface area contributed by atoms with Crippen molar-refractivity contribution in [3.05, 3.63) is 35.4 Å². The number of rotatable bonds is 3. The number of ether oxygens (including phenoxy) is 1. The Morgan fingerprint density at radius 1 is 1.39 bits per heavy atom. The fourth-order valence-electron chi connectivity index (χ4n) is 4.14. The normalized spacial score (nSPS) is 32.7. The van der Waals surface area contributed by atoms with E-state index in [2.05, 4.69) is 15.3 Å². The molecule has 0 unspecified atom stereocenters. The van der Waals surface area contributed by atoms with Crippen LogP contribution in [-0.4, -0.2) is 80.9 Å². The van der Waals surface area contributed by atoms with Crippen LogP contribution in [0.1, 0.15) is 15.9 Å². The number of nitrogens with one attached hydrogen (secondary N) is 2. The Balaban J connectivity index is 1.68. The van der Waals surface area contributed by atoms with Crippen molar-refractivity contribution in [3.8, 4) is 0 Å². The van der Waals surface area contributed by atoms with Gasteiger partial charge in [0.1, 0.15) is 6.04 Å². The fraction of sp³-hybridized carbons (Fsp3) is 0.471. The number of carbonyl (C=O) groups is 1. The largest absolute Gasteiger partial charge is 0.451 e. The van der Waals surface area contributed by atoms with E-state index in [1.54, 1.807) is 24.3 Å². The monoisotopic (exact) mass is 391 g/mol. The molecule has 3 heterocycles. The van der Waals surface area contributed by atoms with Gasteiger partial charge in [-0.15, -0.1) is 0 Å². The van der Waals surface area contributed by atoms with Gasteiger partial charge in [-0.1, -0.05) is 17.7 Å². The molecule has 11 heteroatoms. The Kier molecular flexibility index (Phi) is 4.00. The summed E-state index contributed by atoms with van der Waals surface area (Å²) in [5, 5.41) is 34.6. The van der Waals surface area contributed by atoms with E-state index < -0.39 is 42.2 Å². The molecule has 0 saturated carbocycles. The van der Waals surface area contributed by atoms with Crippen molar-refractivity contribution in [2.24, 2.45) is 16.5 Å². The Bertz CT molecular complexity index is 869. The van der Waals surface area contributed by atoms with Gasteiger partial charge in [0.05, 0.1) is 18.7 Å². The first-order valence-corrected chi connectivity index (χ1v) is 8.82. The van der Waals surface area contributed by atoms with Crippen LogP contribution in [0.15, 0.2) is 29.3 Å². The highest BCUT2D eigenvalue weighted by atomic mass is 16.6. The molecule has 28 heavy (non-hydrogen) atoms. The highest BCUT2D eigenvalue weighted by molar-refractivity contribution is 5.90. The summed E-state index contributed by atoms with van der Waals surface area (Å²) >= 11 is 0. The molecule has 3 aliphatic rings. The molecule has 150 valence electrons. The highest BCUT2D eigenvalue weighted by Gasteiger charge is 2.77. The summed E-state index contributed by atoms with van der Waals surface area (Å²) in [7, 11) is 0. The molecule has 0 amide bonds. The Labute approximate surface area is 160 Å².